The minimum atomic E-state index is -0.374. The SMILES string of the molecule is CCO/C=C/C(=O)Nc1cc(O)ccc1Cl. The molecule has 0 bridgehead atoms. The average molecular weight is 242 g/mol. The van der Waals surface area contributed by atoms with Crippen molar-refractivity contribution in [3.05, 3.63) is 35.6 Å². The van der Waals surface area contributed by atoms with Crippen LogP contribution in [-0.4, -0.2) is 17.6 Å². The second-order valence-corrected chi connectivity index (χ2v) is 3.32. The molecule has 0 atom stereocenters. The van der Waals surface area contributed by atoms with Crippen LogP contribution in [0.5, 0.6) is 5.75 Å². The van der Waals surface area contributed by atoms with Crippen molar-refractivity contribution in [2.24, 2.45) is 0 Å². The lowest BCUT2D eigenvalue weighted by atomic mass is 10.3. The Morgan fingerprint density at radius 3 is 3.06 bits per heavy atom. The summed E-state index contributed by atoms with van der Waals surface area (Å²) in [5.74, 6) is -0.338. The monoisotopic (exact) mass is 241 g/mol. The zero-order valence-electron chi connectivity index (χ0n) is 8.74. The summed E-state index contributed by atoms with van der Waals surface area (Å²) in [4.78, 5) is 11.3. The van der Waals surface area contributed by atoms with Gasteiger partial charge in [0, 0.05) is 12.1 Å². The van der Waals surface area contributed by atoms with Gasteiger partial charge in [-0.25, -0.2) is 0 Å². The lowest BCUT2D eigenvalue weighted by Crippen LogP contribution is -2.08. The predicted molar refractivity (Wildman–Crippen MR) is 62.5 cm³/mol. The third-order valence-electron chi connectivity index (χ3n) is 1.69. The molecule has 0 saturated carbocycles. The van der Waals surface area contributed by atoms with Gasteiger partial charge in [-0.05, 0) is 19.1 Å². The van der Waals surface area contributed by atoms with E-state index in [4.69, 9.17) is 16.3 Å². The first-order chi connectivity index (χ1) is 7.63. The molecule has 1 aromatic rings. The maximum Gasteiger partial charge on any atom is 0.251 e. The van der Waals surface area contributed by atoms with Gasteiger partial charge in [0.15, 0.2) is 0 Å². The zero-order chi connectivity index (χ0) is 12.0. The molecule has 0 saturated heterocycles. The van der Waals surface area contributed by atoms with Gasteiger partial charge in [-0.3, -0.25) is 4.79 Å². The van der Waals surface area contributed by atoms with Crippen LogP contribution >= 0.6 is 11.6 Å². The fourth-order valence-corrected chi connectivity index (χ4v) is 1.15. The summed E-state index contributed by atoms with van der Waals surface area (Å²) in [5, 5.41) is 12.1. The third-order valence-corrected chi connectivity index (χ3v) is 2.02. The first-order valence-corrected chi connectivity index (χ1v) is 5.09. The van der Waals surface area contributed by atoms with Gasteiger partial charge in [0.05, 0.1) is 23.6 Å². The van der Waals surface area contributed by atoms with Crippen molar-refractivity contribution < 1.29 is 14.6 Å². The molecule has 0 aromatic heterocycles. The molecule has 0 heterocycles. The van der Waals surface area contributed by atoms with E-state index in [1.54, 1.807) is 0 Å². The van der Waals surface area contributed by atoms with Crippen LogP contribution in [-0.2, 0) is 9.53 Å². The number of hydrogen-bond donors (Lipinski definition) is 2. The highest BCUT2D eigenvalue weighted by Crippen LogP contribution is 2.25. The van der Waals surface area contributed by atoms with E-state index >= 15 is 0 Å². The van der Waals surface area contributed by atoms with E-state index in [9.17, 15) is 9.90 Å². The number of phenolic OH excluding ortho intramolecular Hbond substituents is 1. The molecule has 0 fully saturated rings. The molecule has 2 N–H and O–H groups in total. The number of carbonyl (C=O) groups is 1. The molecule has 4 nitrogen and oxygen atoms in total. The van der Waals surface area contributed by atoms with E-state index in [2.05, 4.69) is 5.32 Å². The number of ether oxygens (including phenoxy) is 1. The van der Waals surface area contributed by atoms with Gasteiger partial charge in [-0.1, -0.05) is 11.6 Å². The van der Waals surface area contributed by atoms with E-state index in [0.29, 0.717) is 17.3 Å². The fraction of sp³-hybridized carbons (Fsp3) is 0.182. The molecule has 0 radical (unpaired) electrons. The molecule has 0 unspecified atom stereocenters. The summed E-state index contributed by atoms with van der Waals surface area (Å²) < 4.78 is 4.87. The van der Waals surface area contributed by atoms with E-state index in [0.717, 1.165) is 0 Å². The van der Waals surface area contributed by atoms with Crippen molar-refractivity contribution in [3.63, 3.8) is 0 Å². The second-order valence-electron chi connectivity index (χ2n) is 2.91. The maximum atomic E-state index is 11.3. The molecule has 0 aliphatic rings. The summed E-state index contributed by atoms with van der Waals surface area (Å²) in [6.07, 6.45) is 2.54. The zero-order valence-corrected chi connectivity index (χ0v) is 9.49. The van der Waals surface area contributed by atoms with Crippen LogP contribution in [0.3, 0.4) is 0 Å². The number of carbonyl (C=O) groups excluding carboxylic acids is 1. The Balaban J connectivity index is 2.65. The molecule has 16 heavy (non-hydrogen) atoms. The number of nitrogens with one attached hydrogen (secondary N) is 1. The fourth-order valence-electron chi connectivity index (χ4n) is 0.990. The van der Waals surface area contributed by atoms with Crippen LogP contribution in [0.2, 0.25) is 5.02 Å². The van der Waals surface area contributed by atoms with Gasteiger partial charge in [-0.15, -0.1) is 0 Å². The van der Waals surface area contributed by atoms with Gasteiger partial charge in [0.25, 0.3) is 5.91 Å². The van der Waals surface area contributed by atoms with E-state index in [-0.39, 0.29) is 11.7 Å². The third kappa shape index (κ3) is 3.82. The molecule has 1 amide bonds. The van der Waals surface area contributed by atoms with E-state index in [1.165, 1.54) is 30.5 Å². The summed E-state index contributed by atoms with van der Waals surface area (Å²) in [6.45, 7) is 2.31. The molecule has 5 heteroatoms. The number of phenols is 1. The number of anilines is 1. The Morgan fingerprint density at radius 1 is 1.62 bits per heavy atom. The number of halogens is 1. The number of hydrogen-bond acceptors (Lipinski definition) is 3. The number of rotatable bonds is 4. The average Bonchev–Trinajstić information content (AvgIpc) is 2.24. The Labute approximate surface area is 98.5 Å². The van der Waals surface area contributed by atoms with Crippen molar-refractivity contribution in [1.29, 1.82) is 0 Å². The Kier molecular flexibility index (Phi) is 4.66. The topological polar surface area (TPSA) is 58.6 Å². The molecule has 0 aliphatic carbocycles. The number of benzene rings is 1. The molecule has 0 aliphatic heterocycles. The second kappa shape index (κ2) is 6.02. The first kappa shape index (κ1) is 12.4. The largest absolute Gasteiger partial charge is 0.508 e. The van der Waals surface area contributed by atoms with Crippen LogP contribution in [0.4, 0.5) is 5.69 Å². The molecule has 86 valence electrons. The van der Waals surface area contributed by atoms with Crippen molar-refractivity contribution in [1.82, 2.24) is 0 Å². The normalized spacial score (nSPS) is 10.4. The minimum Gasteiger partial charge on any atom is -0.508 e. The van der Waals surface area contributed by atoms with Crippen LogP contribution in [0, 0.1) is 0 Å². The highest BCUT2D eigenvalue weighted by atomic mass is 35.5. The van der Waals surface area contributed by atoms with Crippen LogP contribution in [0.25, 0.3) is 0 Å². The quantitative estimate of drug-likeness (QED) is 0.629. The van der Waals surface area contributed by atoms with E-state index in [1.807, 2.05) is 6.92 Å². The first-order valence-electron chi connectivity index (χ1n) is 4.71. The molecule has 0 spiro atoms. The lowest BCUT2D eigenvalue weighted by Gasteiger charge is -2.05. The summed E-state index contributed by atoms with van der Waals surface area (Å²) in [5.41, 5.74) is 0.354. The maximum absolute atomic E-state index is 11.3. The van der Waals surface area contributed by atoms with Crippen LogP contribution in [0.1, 0.15) is 6.92 Å². The molecule has 1 rings (SSSR count). The van der Waals surface area contributed by atoms with Crippen LogP contribution < -0.4 is 5.32 Å². The summed E-state index contributed by atoms with van der Waals surface area (Å²) >= 11 is 5.82. The van der Waals surface area contributed by atoms with Crippen LogP contribution in [0.15, 0.2) is 30.5 Å². The smallest absolute Gasteiger partial charge is 0.251 e. The van der Waals surface area contributed by atoms with Crippen molar-refractivity contribution in [2.45, 2.75) is 6.92 Å². The predicted octanol–water partition coefficient (Wildman–Crippen LogP) is 2.53. The molecular formula is C11H12ClNO3. The highest BCUT2D eigenvalue weighted by molar-refractivity contribution is 6.33. The van der Waals surface area contributed by atoms with Gasteiger partial charge >= 0.3 is 0 Å². The Hall–Kier alpha value is -1.68. The molecule has 1 aromatic carbocycles. The number of amides is 1. The Morgan fingerprint density at radius 2 is 2.38 bits per heavy atom. The Bertz CT molecular complexity index is 404. The van der Waals surface area contributed by atoms with Gasteiger partial charge < -0.3 is 15.2 Å². The van der Waals surface area contributed by atoms with Crippen molar-refractivity contribution in [2.75, 3.05) is 11.9 Å². The van der Waals surface area contributed by atoms with Gasteiger partial charge in [0.2, 0.25) is 0 Å². The van der Waals surface area contributed by atoms with E-state index < -0.39 is 0 Å². The molecular weight excluding hydrogens is 230 g/mol. The standard InChI is InChI=1S/C11H12ClNO3/c1-2-16-6-5-11(15)13-10-7-8(14)3-4-9(10)12/h3-7,14H,2H2,1H3,(H,13,15)/b6-5+. The van der Waals surface area contributed by atoms with Crippen molar-refractivity contribution >= 4 is 23.2 Å². The van der Waals surface area contributed by atoms with Crippen molar-refractivity contribution in [3.8, 4) is 5.75 Å². The van der Waals surface area contributed by atoms with Gasteiger partial charge in [-0.2, -0.15) is 0 Å². The minimum absolute atomic E-state index is 0.0356. The summed E-state index contributed by atoms with van der Waals surface area (Å²) in [7, 11) is 0. The number of aromatic hydroxyl groups is 1. The highest BCUT2D eigenvalue weighted by Gasteiger charge is 2.03. The summed E-state index contributed by atoms with van der Waals surface area (Å²) in [6, 6.07) is 4.31. The lowest BCUT2D eigenvalue weighted by molar-refractivity contribution is -0.112. The van der Waals surface area contributed by atoms with Gasteiger partial charge in [0.1, 0.15) is 5.75 Å².